The molecule has 150 valence electrons. The Morgan fingerprint density at radius 3 is 2.38 bits per heavy atom. The number of hydrogen-bond donors (Lipinski definition) is 0. The monoisotopic (exact) mass is 389 g/mol. The van der Waals surface area contributed by atoms with Crippen molar-refractivity contribution in [1.29, 1.82) is 0 Å². The fourth-order valence-electron chi connectivity index (χ4n) is 3.68. The highest BCUT2D eigenvalue weighted by atomic mass is 16.5. The highest BCUT2D eigenvalue weighted by molar-refractivity contribution is 5.95. The summed E-state index contributed by atoms with van der Waals surface area (Å²) in [5.41, 5.74) is 2.96. The van der Waals surface area contributed by atoms with Crippen molar-refractivity contribution in [2.24, 2.45) is 0 Å². The van der Waals surface area contributed by atoms with E-state index < -0.39 is 0 Å². The molecule has 5 nitrogen and oxygen atoms in total. The van der Waals surface area contributed by atoms with Gasteiger partial charge >= 0.3 is 0 Å². The van der Waals surface area contributed by atoms with Crippen molar-refractivity contribution in [2.75, 3.05) is 39.3 Å². The first kappa shape index (κ1) is 19.3. The van der Waals surface area contributed by atoms with E-state index in [2.05, 4.69) is 16.4 Å². The third-order valence-corrected chi connectivity index (χ3v) is 5.42. The third kappa shape index (κ3) is 4.69. The number of carbonyl (C=O) groups is 1. The van der Waals surface area contributed by atoms with Gasteiger partial charge in [0.1, 0.15) is 12.4 Å². The van der Waals surface area contributed by atoms with Crippen LogP contribution in [0.4, 0.5) is 0 Å². The molecule has 1 aromatic heterocycles. The molecule has 4 rings (SSSR count). The first-order valence-electron chi connectivity index (χ1n) is 10.1. The van der Waals surface area contributed by atoms with Gasteiger partial charge in [-0.3, -0.25) is 9.69 Å². The van der Waals surface area contributed by atoms with E-state index in [1.807, 2.05) is 78.0 Å². The first-order chi connectivity index (χ1) is 14.2. The molecule has 1 saturated heterocycles. The lowest BCUT2D eigenvalue weighted by molar-refractivity contribution is 0.0620. The van der Waals surface area contributed by atoms with Crippen molar-refractivity contribution in [3.63, 3.8) is 0 Å². The number of para-hydroxylation sites is 1. The second-order valence-corrected chi connectivity index (χ2v) is 7.39. The van der Waals surface area contributed by atoms with Gasteiger partial charge in [-0.2, -0.15) is 0 Å². The van der Waals surface area contributed by atoms with Gasteiger partial charge in [0.05, 0.1) is 0 Å². The van der Waals surface area contributed by atoms with Gasteiger partial charge in [-0.15, -0.1) is 0 Å². The van der Waals surface area contributed by atoms with E-state index >= 15 is 0 Å². The molecular weight excluding hydrogens is 362 g/mol. The molecule has 1 aliphatic rings. The maximum atomic E-state index is 13.0. The van der Waals surface area contributed by atoms with Gasteiger partial charge in [0, 0.05) is 56.4 Å². The zero-order chi connectivity index (χ0) is 20.1. The number of benzene rings is 2. The number of ether oxygens (including phenoxy) is 1. The molecule has 0 spiro atoms. The molecule has 0 aliphatic carbocycles. The lowest BCUT2D eigenvalue weighted by Crippen LogP contribution is -2.49. The summed E-state index contributed by atoms with van der Waals surface area (Å²) in [4.78, 5) is 17.3. The Hall–Kier alpha value is -3.05. The summed E-state index contributed by atoms with van der Waals surface area (Å²) >= 11 is 0. The molecular formula is C24H27N3O2. The number of rotatable bonds is 6. The van der Waals surface area contributed by atoms with Crippen molar-refractivity contribution < 1.29 is 9.53 Å². The predicted molar refractivity (Wildman–Crippen MR) is 115 cm³/mol. The zero-order valence-corrected chi connectivity index (χ0v) is 16.8. The van der Waals surface area contributed by atoms with Crippen LogP contribution in [0.1, 0.15) is 15.9 Å². The number of piperazine rings is 1. The van der Waals surface area contributed by atoms with Gasteiger partial charge in [-0.1, -0.05) is 24.3 Å². The summed E-state index contributed by atoms with van der Waals surface area (Å²) < 4.78 is 7.84. The van der Waals surface area contributed by atoms with E-state index in [-0.39, 0.29) is 5.91 Å². The Balaban J connectivity index is 1.31. The number of amides is 1. The third-order valence-electron chi connectivity index (χ3n) is 5.42. The van der Waals surface area contributed by atoms with Crippen LogP contribution in [0.2, 0.25) is 0 Å². The minimum atomic E-state index is 0.110. The highest BCUT2D eigenvalue weighted by Gasteiger charge is 2.22. The number of aromatic nitrogens is 1. The molecule has 0 atom stereocenters. The van der Waals surface area contributed by atoms with Crippen LogP contribution >= 0.6 is 0 Å². The van der Waals surface area contributed by atoms with Crippen LogP contribution in [0.15, 0.2) is 73.1 Å². The maximum absolute atomic E-state index is 13.0. The largest absolute Gasteiger partial charge is 0.492 e. The predicted octanol–water partition coefficient (Wildman–Crippen LogP) is 3.62. The van der Waals surface area contributed by atoms with Crippen LogP contribution in [-0.2, 0) is 0 Å². The molecule has 1 aliphatic heterocycles. The number of nitrogens with zero attached hydrogens (tertiary/aromatic N) is 3. The fraction of sp³-hybridized carbons (Fsp3) is 0.292. The van der Waals surface area contributed by atoms with Crippen molar-refractivity contribution in [3.8, 4) is 11.4 Å². The molecule has 1 amide bonds. The quantitative estimate of drug-likeness (QED) is 0.646. The van der Waals surface area contributed by atoms with Gasteiger partial charge in [0.15, 0.2) is 0 Å². The highest BCUT2D eigenvalue weighted by Crippen LogP contribution is 2.18. The molecule has 0 saturated carbocycles. The van der Waals surface area contributed by atoms with E-state index in [0.29, 0.717) is 6.61 Å². The van der Waals surface area contributed by atoms with Gasteiger partial charge in [0.25, 0.3) is 5.91 Å². The van der Waals surface area contributed by atoms with Crippen LogP contribution in [0.3, 0.4) is 0 Å². The number of hydrogen-bond acceptors (Lipinski definition) is 3. The van der Waals surface area contributed by atoms with Gasteiger partial charge in [-0.25, -0.2) is 0 Å². The lowest BCUT2D eigenvalue weighted by Gasteiger charge is -2.34. The average molecular weight is 389 g/mol. The normalized spacial score (nSPS) is 14.7. The van der Waals surface area contributed by atoms with Gasteiger partial charge in [0.2, 0.25) is 0 Å². The minimum absolute atomic E-state index is 0.110. The summed E-state index contributed by atoms with van der Waals surface area (Å²) in [7, 11) is 0. The molecule has 29 heavy (non-hydrogen) atoms. The first-order valence-corrected chi connectivity index (χ1v) is 10.1. The Labute approximate surface area is 172 Å². The number of carbonyl (C=O) groups excluding carboxylic acids is 1. The van der Waals surface area contributed by atoms with E-state index in [9.17, 15) is 4.79 Å². The van der Waals surface area contributed by atoms with Gasteiger partial charge < -0.3 is 14.2 Å². The molecule has 0 bridgehead atoms. The minimum Gasteiger partial charge on any atom is -0.492 e. The van der Waals surface area contributed by atoms with Crippen LogP contribution in [0, 0.1) is 6.92 Å². The Morgan fingerprint density at radius 1 is 0.931 bits per heavy atom. The van der Waals surface area contributed by atoms with Gasteiger partial charge in [-0.05, 0) is 48.9 Å². The topological polar surface area (TPSA) is 37.7 Å². The molecule has 2 aromatic carbocycles. The zero-order valence-electron chi connectivity index (χ0n) is 16.8. The molecule has 0 unspecified atom stereocenters. The van der Waals surface area contributed by atoms with Crippen molar-refractivity contribution >= 4 is 5.91 Å². The second kappa shape index (κ2) is 8.97. The van der Waals surface area contributed by atoms with Crippen molar-refractivity contribution in [1.82, 2.24) is 14.4 Å². The molecule has 1 fully saturated rings. The average Bonchev–Trinajstić information content (AvgIpc) is 3.30. The maximum Gasteiger partial charge on any atom is 0.254 e. The van der Waals surface area contributed by atoms with E-state index in [1.54, 1.807) is 0 Å². The molecule has 0 radical (unpaired) electrons. The van der Waals surface area contributed by atoms with Crippen LogP contribution in [0.25, 0.3) is 5.69 Å². The Bertz CT molecular complexity index is 930. The number of aryl methyl sites for hydroxylation is 1. The van der Waals surface area contributed by atoms with Crippen LogP contribution in [-0.4, -0.2) is 59.6 Å². The molecule has 3 aromatic rings. The molecule has 5 heteroatoms. The van der Waals surface area contributed by atoms with Crippen LogP contribution in [0.5, 0.6) is 5.75 Å². The van der Waals surface area contributed by atoms with E-state index in [1.165, 1.54) is 0 Å². The summed E-state index contributed by atoms with van der Waals surface area (Å²) in [5.74, 6) is 1.01. The lowest BCUT2D eigenvalue weighted by atomic mass is 10.1. The second-order valence-electron chi connectivity index (χ2n) is 7.39. The standard InChI is InChI=1S/C24H27N3O2/c1-20-9-10-21(19-23(20)26-11-5-6-12-26)24(28)27-15-13-25(14-16-27)17-18-29-22-7-3-2-4-8-22/h2-12,19H,13-18H2,1H3. The summed E-state index contributed by atoms with van der Waals surface area (Å²) in [6.07, 6.45) is 4.01. The van der Waals surface area contributed by atoms with Crippen molar-refractivity contribution in [2.45, 2.75) is 6.92 Å². The molecule has 0 N–H and O–H groups in total. The van der Waals surface area contributed by atoms with Crippen LogP contribution < -0.4 is 4.74 Å². The fourth-order valence-corrected chi connectivity index (χ4v) is 3.68. The summed E-state index contributed by atoms with van der Waals surface area (Å²) in [5, 5.41) is 0. The van der Waals surface area contributed by atoms with E-state index in [0.717, 1.165) is 55.3 Å². The summed E-state index contributed by atoms with van der Waals surface area (Å²) in [6.45, 7) is 6.85. The van der Waals surface area contributed by atoms with E-state index in [4.69, 9.17) is 4.74 Å². The Morgan fingerprint density at radius 2 is 1.66 bits per heavy atom. The SMILES string of the molecule is Cc1ccc(C(=O)N2CCN(CCOc3ccccc3)CC2)cc1-n1cccc1. The molecule has 2 heterocycles. The smallest absolute Gasteiger partial charge is 0.254 e. The Kier molecular flexibility index (Phi) is 5.96. The van der Waals surface area contributed by atoms with Crippen molar-refractivity contribution in [3.05, 3.63) is 84.2 Å². The summed E-state index contributed by atoms with van der Waals surface area (Å²) in [6, 6.07) is 19.8.